The summed E-state index contributed by atoms with van der Waals surface area (Å²) in [7, 11) is 0. The number of nitrogens with zero attached hydrogens (tertiary/aromatic N) is 2. The molecule has 1 aromatic rings. The molecule has 0 saturated heterocycles. The predicted molar refractivity (Wildman–Crippen MR) is 38.9 cm³/mol. The number of halogens is 2. The Hall–Kier alpha value is -0.690. The lowest BCUT2D eigenvalue weighted by Gasteiger charge is -1.92. The summed E-state index contributed by atoms with van der Waals surface area (Å²) < 4.78 is 28.2. The summed E-state index contributed by atoms with van der Waals surface area (Å²) in [5.74, 6) is -0.0848. The van der Waals surface area contributed by atoms with Gasteiger partial charge in [-0.3, -0.25) is 0 Å². The van der Waals surface area contributed by atoms with Gasteiger partial charge in [-0.2, -0.15) is 0 Å². The molecule has 0 aliphatic rings. The van der Waals surface area contributed by atoms with Crippen molar-refractivity contribution >= 4 is 11.8 Å². The van der Waals surface area contributed by atoms with Crippen molar-refractivity contribution in [2.24, 2.45) is 5.73 Å². The summed E-state index contributed by atoms with van der Waals surface area (Å²) in [6.07, 6.45) is -2.37. The Morgan fingerprint density at radius 3 is 2.75 bits per heavy atom. The van der Waals surface area contributed by atoms with Crippen molar-refractivity contribution in [3.05, 3.63) is 5.89 Å². The highest BCUT2D eigenvalue weighted by molar-refractivity contribution is 7.99. The summed E-state index contributed by atoms with van der Waals surface area (Å²) in [5.41, 5.74) is 5.17. The molecule has 0 spiro atoms. The van der Waals surface area contributed by atoms with Crippen LogP contribution in [0.2, 0.25) is 0 Å². The second-order valence-corrected chi connectivity index (χ2v) is 2.84. The van der Waals surface area contributed by atoms with Crippen LogP contribution >= 0.6 is 11.8 Å². The molecule has 0 atom stereocenters. The van der Waals surface area contributed by atoms with Crippen LogP contribution in [-0.4, -0.2) is 22.4 Å². The molecule has 1 heterocycles. The number of aromatic nitrogens is 2. The molecule has 0 aromatic carbocycles. The van der Waals surface area contributed by atoms with Gasteiger partial charge < -0.3 is 10.2 Å². The van der Waals surface area contributed by atoms with Crippen molar-refractivity contribution in [3.8, 4) is 0 Å². The lowest BCUT2D eigenvalue weighted by molar-refractivity contribution is 0.176. The van der Waals surface area contributed by atoms with Crippen molar-refractivity contribution in [1.82, 2.24) is 10.2 Å². The smallest absolute Gasteiger partial charge is 0.276 e. The Labute approximate surface area is 71.5 Å². The van der Waals surface area contributed by atoms with E-state index in [9.17, 15) is 8.78 Å². The fourth-order valence-corrected chi connectivity index (χ4v) is 1.04. The molecule has 0 saturated carbocycles. The fraction of sp³-hybridized carbons (Fsp3) is 0.600. The van der Waals surface area contributed by atoms with E-state index in [4.69, 9.17) is 10.2 Å². The first-order chi connectivity index (χ1) is 5.72. The quantitative estimate of drug-likeness (QED) is 0.722. The van der Waals surface area contributed by atoms with E-state index < -0.39 is 6.43 Å². The lowest BCUT2D eigenvalue weighted by Crippen LogP contribution is -1.95. The molecule has 0 aliphatic carbocycles. The van der Waals surface area contributed by atoms with Gasteiger partial charge in [0, 0.05) is 0 Å². The van der Waals surface area contributed by atoms with Crippen LogP contribution in [0.4, 0.5) is 8.78 Å². The zero-order chi connectivity index (χ0) is 8.97. The molecule has 7 heteroatoms. The second-order valence-electron chi connectivity index (χ2n) is 1.87. The number of hydrogen-bond donors (Lipinski definition) is 1. The topological polar surface area (TPSA) is 64.9 Å². The van der Waals surface area contributed by atoms with Gasteiger partial charge in [0.1, 0.15) is 0 Å². The molecule has 0 radical (unpaired) electrons. The summed E-state index contributed by atoms with van der Waals surface area (Å²) in [4.78, 5) is 0. The molecule has 68 valence electrons. The van der Waals surface area contributed by atoms with Gasteiger partial charge in [-0.1, -0.05) is 11.8 Å². The Morgan fingerprint density at radius 1 is 1.50 bits per heavy atom. The molecule has 1 rings (SSSR count). The summed E-state index contributed by atoms with van der Waals surface area (Å²) >= 11 is 0.819. The maximum absolute atomic E-state index is 11.7. The third-order valence-corrected chi connectivity index (χ3v) is 1.79. The monoisotopic (exact) mass is 195 g/mol. The number of hydrogen-bond acceptors (Lipinski definition) is 5. The Kier molecular flexibility index (Phi) is 3.42. The van der Waals surface area contributed by atoms with E-state index in [1.54, 1.807) is 0 Å². The zero-order valence-corrected chi connectivity index (χ0v) is 6.85. The van der Waals surface area contributed by atoms with Crippen LogP contribution in [0, 0.1) is 0 Å². The molecule has 0 bridgehead atoms. The Bertz CT molecular complexity index is 242. The van der Waals surface area contributed by atoms with Gasteiger partial charge in [0.15, 0.2) is 0 Å². The minimum absolute atomic E-state index is 0.127. The van der Waals surface area contributed by atoms with Crippen molar-refractivity contribution in [2.45, 2.75) is 18.2 Å². The van der Waals surface area contributed by atoms with Crippen molar-refractivity contribution in [1.29, 1.82) is 0 Å². The molecule has 0 aliphatic heterocycles. The Morgan fingerprint density at radius 2 is 2.25 bits per heavy atom. The SMILES string of the molecule is NCc1nnc(SCC(F)F)o1. The van der Waals surface area contributed by atoms with Crippen LogP contribution in [0.1, 0.15) is 5.89 Å². The fourth-order valence-electron chi connectivity index (χ4n) is 0.513. The predicted octanol–water partition coefficient (Wildman–Crippen LogP) is 0.886. The first-order valence-electron chi connectivity index (χ1n) is 3.15. The molecular formula is C5H7F2N3OS. The van der Waals surface area contributed by atoms with E-state index in [0.29, 0.717) is 0 Å². The first-order valence-corrected chi connectivity index (χ1v) is 4.14. The largest absolute Gasteiger partial charge is 0.415 e. The van der Waals surface area contributed by atoms with E-state index in [0.717, 1.165) is 11.8 Å². The van der Waals surface area contributed by atoms with Crippen molar-refractivity contribution in [3.63, 3.8) is 0 Å². The minimum atomic E-state index is -2.37. The van der Waals surface area contributed by atoms with Gasteiger partial charge in [-0.05, 0) is 0 Å². The summed E-state index contributed by atoms with van der Waals surface area (Å²) in [6, 6.07) is 0. The van der Waals surface area contributed by atoms with Crippen molar-refractivity contribution < 1.29 is 13.2 Å². The van der Waals surface area contributed by atoms with Crippen LogP contribution in [0.15, 0.2) is 9.64 Å². The number of rotatable bonds is 4. The molecule has 4 nitrogen and oxygen atoms in total. The standard InChI is InChI=1S/C5H7F2N3OS/c6-3(7)2-12-5-10-9-4(1-8)11-5/h3H,1-2,8H2. The average molecular weight is 195 g/mol. The number of alkyl halides is 2. The van der Waals surface area contributed by atoms with Crippen LogP contribution in [-0.2, 0) is 6.54 Å². The molecule has 0 amide bonds. The average Bonchev–Trinajstić information content (AvgIpc) is 2.48. The van der Waals surface area contributed by atoms with Crippen molar-refractivity contribution in [2.75, 3.05) is 5.75 Å². The molecule has 1 aromatic heterocycles. The molecule has 2 N–H and O–H groups in total. The molecule has 0 fully saturated rings. The first kappa shape index (κ1) is 9.40. The van der Waals surface area contributed by atoms with E-state index in [2.05, 4.69) is 10.2 Å². The number of thioether (sulfide) groups is 1. The minimum Gasteiger partial charge on any atom is -0.415 e. The summed E-state index contributed by atoms with van der Waals surface area (Å²) in [6.45, 7) is 0.127. The van der Waals surface area contributed by atoms with Gasteiger partial charge in [-0.15, -0.1) is 10.2 Å². The second kappa shape index (κ2) is 4.36. The van der Waals surface area contributed by atoms with Crippen LogP contribution in [0.25, 0.3) is 0 Å². The van der Waals surface area contributed by atoms with Gasteiger partial charge >= 0.3 is 0 Å². The maximum atomic E-state index is 11.7. The normalized spacial score (nSPS) is 11.0. The highest BCUT2D eigenvalue weighted by Gasteiger charge is 2.08. The third kappa shape index (κ3) is 2.74. The van der Waals surface area contributed by atoms with E-state index in [-0.39, 0.29) is 23.4 Å². The van der Waals surface area contributed by atoms with Gasteiger partial charge in [0.25, 0.3) is 5.22 Å². The van der Waals surface area contributed by atoms with Crippen LogP contribution in [0.3, 0.4) is 0 Å². The van der Waals surface area contributed by atoms with Crippen LogP contribution < -0.4 is 5.73 Å². The van der Waals surface area contributed by atoms with E-state index >= 15 is 0 Å². The third-order valence-electron chi connectivity index (χ3n) is 0.956. The van der Waals surface area contributed by atoms with Gasteiger partial charge in [0.2, 0.25) is 12.3 Å². The highest BCUT2D eigenvalue weighted by atomic mass is 32.2. The van der Waals surface area contributed by atoms with Gasteiger partial charge in [0.05, 0.1) is 12.3 Å². The number of nitrogens with two attached hydrogens (primary N) is 1. The van der Waals surface area contributed by atoms with E-state index in [1.807, 2.05) is 0 Å². The molecular weight excluding hydrogens is 188 g/mol. The maximum Gasteiger partial charge on any atom is 0.276 e. The van der Waals surface area contributed by atoms with Gasteiger partial charge in [-0.25, -0.2) is 8.78 Å². The molecule has 12 heavy (non-hydrogen) atoms. The van der Waals surface area contributed by atoms with Crippen LogP contribution in [0.5, 0.6) is 0 Å². The lowest BCUT2D eigenvalue weighted by atomic mass is 10.7. The zero-order valence-electron chi connectivity index (χ0n) is 6.04. The molecule has 0 unspecified atom stereocenters. The van der Waals surface area contributed by atoms with E-state index in [1.165, 1.54) is 0 Å². The Balaban J connectivity index is 2.41. The highest BCUT2D eigenvalue weighted by Crippen LogP contribution is 2.17. The summed E-state index contributed by atoms with van der Waals surface area (Å²) in [5, 5.41) is 7.13.